The number of likely N-dealkylation sites (tertiary alicyclic amines) is 1. The highest BCUT2D eigenvalue weighted by molar-refractivity contribution is 6.09. The molecule has 1 heterocycles. The number of carbonyl (C=O) groups excluding carboxylic acids is 2. The van der Waals surface area contributed by atoms with E-state index in [0.717, 1.165) is 5.56 Å². The maximum absolute atomic E-state index is 13.8. The number of hydrogen-bond acceptors (Lipinski definition) is 2. The smallest absolute Gasteiger partial charge is 0.237 e. The summed E-state index contributed by atoms with van der Waals surface area (Å²) in [5.41, 5.74) is 5.08. The lowest BCUT2D eigenvalue weighted by atomic mass is 9.48. The van der Waals surface area contributed by atoms with Gasteiger partial charge in [0.1, 0.15) is 0 Å². The number of hydrogen-bond donors (Lipinski definition) is 0. The van der Waals surface area contributed by atoms with Gasteiger partial charge < -0.3 is 0 Å². The Kier molecular flexibility index (Phi) is 3.27. The van der Waals surface area contributed by atoms with E-state index in [-0.39, 0.29) is 29.6 Å². The minimum Gasteiger partial charge on any atom is -0.277 e. The van der Waals surface area contributed by atoms with Crippen LogP contribution in [0.15, 0.2) is 78.9 Å². The van der Waals surface area contributed by atoms with E-state index in [1.807, 2.05) is 61.5 Å². The molecule has 1 aliphatic heterocycles. The first-order valence-corrected chi connectivity index (χ1v) is 10.2. The summed E-state index contributed by atoms with van der Waals surface area (Å²) in [6.07, 6.45) is 0. The van der Waals surface area contributed by atoms with Crippen molar-refractivity contribution in [1.82, 2.24) is 4.90 Å². The van der Waals surface area contributed by atoms with Gasteiger partial charge in [0.25, 0.3) is 0 Å². The van der Waals surface area contributed by atoms with Crippen molar-refractivity contribution in [2.45, 2.75) is 25.3 Å². The fourth-order valence-electron chi connectivity index (χ4n) is 6.11. The van der Waals surface area contributed by atoms with Gasteiger partial charge in [0, 0.05) is 11.8 Å². The molecule has 7 rings (SSSR count). The van der Waals surface area contributed by atoms with Gasteiger partial charge in [-0.25, -0.2) is 0 Å². The average Bonchev–Trinajstić information content (AvgIpc) is 2.95. The predicted octanol–water partition coefficient (Wildman–Crippen LogP) is 4.47. The fourth-order valence-corrected chi connectivity index (χ4v) is 6.11. The van der Waals surface area contributed by atoms with Crippen LogP contribution in [0.25, 0.3) is 0 Å². The molecule has 0 N–H and O–H groups in total. The normalized spacial score (nSPS) is 28.9. The molecule has 1 fully saturated rings. The molecule has 1 saturated heterocycles. The van der Waals surface area contributed by atoms with Gasteiger partial charge >= 0.3 is 0 Å². The molecule has 0 radical (unpaired) electrons. The number of amides is 2. The summed E-state index contributed by atoms with van der Waals surface area (Å²) in [6, 6.07) is 26.5. The molecule has 2 amide bonds. The van der Waals surface area contributed by atoms with Gasteiger partial charge in [-0.1, -0.05) is 78.9 Å². The van der Waals surface area contributed by atoms with Gasteiger partial charge in [-0.15, -0.1) is 0 Å². The van der Waals surface area contributed by atoms with Gasteiger partial charge in [-0.3, -0.25) is 14.5 Å². The van der Waals surface area contributed by atoms with Crippen LogP contribution < -0.4 is 0 Å². The van der Waals surface area contributed by atoms with Gasteiger partial charge in [-0.2, -0.15) is 0 Å². The second kappa shape index (κ2) is 5.66. The van der Waals surface area contributed by atoms with Crippen LogP contribution in [0.5, 0.6) is 0 Å². The van der Waals surface area contributed by atoms with Crippen LogP contribution >= 0.6 is 0 Å². The van der Waals surface area contributed by atoms with Gasteiger partial charge in [-0.05, 0) is 34.7 Å². The van der Waals surface area contributed by atoms with E-state index < -0.39 is 5.41 Å². The zero-order valence-corrected chi connectivity index (χ0v) is 16.2. The molecule has 3 aliphatic carbocycles. The number of imide groups is 1. The minimum absolute atomic E-state index is 0.0274. The Morgan fingerprint density at radius 3 is 1.86 bits per heavy atom. The monoisotopic (exact) mass is 379 g/mol. The molecule has 29 heavy (non-hydrogen) atoms. The Morgan fingerprint density at radius 2 is 1.28 bits per heavy atom. The van der Waals surface area contributed by atoms with Crippen LogP contribution in [-0.4, -0.2) is 16.7 Å². The van der Waals surface area contributed by atoms with E-state index in [2.05, 4.69) is 24.3 Å². The van der Waals surface area contributed by atoms with Crippen LogP contribution in [0.1, 0.15) is 46.6 Å². The van der Waals surface area contributed by atoms with Crippen molar-refractivity contribution in [3.63, 3.8) is 0 Å². The summed E-state index contributed by atoms with van der Waals surface area (Å²) < 4.78 is 0. The maximum Gasteiger partial charge on any atom is 0.237 e. The van der Waals surface area contributed by atoms with Crippen LogP contribution in [0.4, 0.5) is 0 Å². The van der Waals surface area contributed by atoms with Gasteiger partial charge in [0.05, 0.1) is 17.9 Å². The Bertz CT molecular complexity index is 1120. The van der Waals surface area contributed by atoms with Crippen molar-refractivity contribution in [1.29, 1.82) is 0 Å². The lowest BCUT2D eigenvalue weighted by Gasteiger charge is -2.51. The van der Waals surface area contributed by atoms with Crippen LogP contribution in [0, 0.1) is 11.3 Å². The lowest BCUT2D eigenvalue weighted by molar-refractivity contribution is -0.142. The van der Waals surface area contributed by atoms with E-state index >= 15 is 0 Å². The predicted molar refractivity (Wildman–Crippen MR) is 110 cm³/mol. The highest BCUT2D eigenvalue weighted by Gasteiger charge is 2.68. The van der Waals surface area contributed by atoms with Gasteiger partial charge in [0.2, 0.25) is 11.8 Å². The minimum atomic E-state index is -0.737. The highest BCUT2D eigenvalue weighted by atomic mass is 16.2. The van der Waals surface area contributed by atoms with Crippen LogP contribution in [0.2, 0.25) is 0 Å². The lowest BCUT2D eigenvalue weighted by Crippen LogP contribution is -2.49. The topological polar surface area (TPSA) is 37.4 Å². The number of carbonyl (C=O) groups is 2. The summed E-state index contributed by atoms with van der Waals surface area (Å²) in [7, 11) is 0. The molecule has 3 nitrogen and oxygen atoms in total. The van der Waals surface area contributed by atoms with Crippen molar-refractivity contribution in [2.24, 2.45) is 11.3 Å². The molecule has 3 aromatic rings. The third-order valence-corrected chi connectivity index (χ3v) is 7.28. The average molecular weight is 379 g/mol. The zero-order valence-electron chi connectivity index (χ0n) is 16.2. The maximum atomic E-state index is 13.8. The first-order chi connectivity index (χ1) is 14.1. The van der Waals surface area contributed by atoms with Crippen molar-refractivity contribution >= 4 is 11.8 Å². The van der Waals surface area contributed by atoms with Crippen molar-refractivity contribution < 1.29 is 9.59 Å². The van der Waals surface area contributed by atoms with E-state index in [0.29, 0.717) is 6.54 Å². The quantitative estimate of drug-likeness (QED) is 0.616. The molecule has 3 aromatic carbocycles. The second-order valence-corrected chi connectivity index (χ2v) is 8.64. The second-order valence-electron chi connectivity index (χ2n) is 8.64. The first-order valence-electron chi connectivity index (χ1n) is 10.2. The fraction of sp³-hybridized carbons (Fsp3) is 0.231. The Hall–Kier alpha value is -3.20. The molecule has 2 atom stereocenters. The Balaban J connectivity index is 1.55. The third kappa shape index (κ3) is 1.97. The summed E-state index contributed by atoms with van der Waals surface area (Å²) >= 11 is 0. The molecular weight excluding hydrogens is 358 g/mol. The van der Waals surface area contributed by atoms with Crippen molar-refractivity contribution in [3.8, 4) is 0 Å². The Labute approximate surface area is 170 Å². The SMILES string of the molecule is C[C@]12C(=O)N(Cc3ccccc3)C(=O)[C@@H]1C1c3ccccc3C2c2ccccc21. The van der Waals surface area contributed by atoms with E-state index in [4.69, 9.17) is 0 Å². The summed E-state index contributed by atoms with van der Waals surface area (Å²) in [6.45, 7) is 2.36. The molecular formula is C26H21NO2. The molecule has 142 valence electrons. The molecule has 4 aliphatic rings. The van der Waals surface area contributed by atoms with Crippen molar-refractivity contribution in [2.75, 3.05) is 0 Å². The number of benzene rings is 3. The summed E-state index contributed by atoms with van der Waals surface area (Å²) in [5.74, 6) is -0.541. The molecule has 0 spiro atoms. The molecule has 2 bridgehead atoms. The van der Waals surface area contributed by atoms with E-state index in [9.17, 15) is 9.59 Å². The Morgan fingerprint density at radius 1 is 0.759 bits per heavy atom. The van der Waals surface area contributed by atoms with Crippen LogP contribution in [-0.2, 0) is 16.1 Å². The molecule has 3 heteroatoms. The van der Waals surface area contributed by atoms with E-state index in [1.54, 1.807) is 0 Å². The molecule has 0 saturated carbocycles. The molecule has 0 unspecified atom stereocenters. The highest BCUT2D eigenvalue weighted by Crippen LogP contribution is 2.66. The number of nitrogens with zero attached hydrogens (tertiary/aromatic N) is 1. The first kappa shape index (κ1) is 16.7. The van der Waals surface area contributed by atoms with Gasteiger partial charge in [0.15, 0.2) is 0 Å². The molecule has 0 aromatic heterocycles. The van der Waals surface area contributed by atoms with Crippen LogP contribution in [0.3, 0.4) is 0 Å². The number of rotatable bonds is 2. The largest absolute Gasteiger partial charge is 0.277 e. The van der Waals surface area contributed by atoms with E-state index in [1.165, 1.54) is 27.2 Å². The summed E-state index contributed by atoms with van der Waals surface area (Å²) in [4.78, 5) is 29.0. The standard InChI is InChI=1S/C26H21NO2/c1-26-22-19-13-7-5-11-17(19)21(18-12-6-8-14-20(18)22)23(26)24(28)27(25(26)29)15-16-9-3-2-4-10-16/h2-14,21-23H,15H2,1H3/t21?,22?,23-,26+/m0/s1. The third-order valence-electron chi connectivity index (χ3n) is 7.28. The van der Waals surface area contributed by atoms with Crippen molar-refractivity contribution in [3.05, 3.63) is 107 Å². The zero-order chi connectivity index (χ0) is 19.8. The summed E-state index contributed by atoms with van der Waals surface area (Å²) in [5, 5.41) is 0.